The number of aliphatic hydroxyl groups is 1. The van der Waals surface area contributed by atoms with Crippen LogP contribution in [0, 0.1) is 5.92 Å². The van der Waals surface area contributed by atoms with Crippen LogP contribution in [0.3, 0.4) is 0 Å². The lowest BCUT2D eigenvalue weighted by molar-refractivity contribution is 0.279. The van der Waals surface area contributed by atoms with Gasteiger partial charge in [0.25, 0.3) is 0 Å². The summed E-state index contributed by atoms with van der Waals surface area (Å²) in [6, 6.07) is 8.01. The number of hydrogen-bond donors (Lipinski definition) is 2. The van der Waals surface area contributed by atoms with Crippen LogP contribution in [-0.4, -0.2) is 5.11 Å². The number of hydrogen-bond acceptors (Lipinski definition) is 2. The van der Waals surface area contributed by atoms with E-state index in [9.17, 15) is 0 Å². The van der Waals surface area contributed by atoms with Crippen molar-refractivity contribution >= 4 is 12.4 Å². The Morgan fingerprint density at radius 3 is 2.57 bits per heavy atom. The normalized spacial score (nSPS) is 17.3. The van der Waals surface area contributed by atoms with Gasteiger partial charge in [-0.2, -0.15) is 0 Å². The standard InChI is InChI=1S/C11H15NO.ClH/c12-11(8-5-6-8)10-4-2-1-3-9(10)7-13;/h1-4,8,11,13H,5-7,12H2;1H. The van der Waals surface area contributed by atoms with Gasteiger partial charge < -0.3 is 10.8 Å². The molecule has 2 nitrogen and oxygen atoms in total. The van der Waals surface area contributed by atoms with Crippen molar-refractivity contribution in [1.82, 2.24) is 0 Å². The Morgan fingerprint density at radius 2 is 2.00 bits per heavy atom. The first kappa shape index (κ1) is 11.5. The maximum absolute atomic E-state index is 9.11. The lowest BCUT2D eigenvalue weighted by atomic mass is 9.98. The van der Waals surface area contributed by atoms with Gasteiger partial charge in [-0.25, -0.2) is 0 Å². The number of nitrogens with two attached hydrogens (primary N) is 1. The van der Waals surface area contributed by atoms with E-state index >= 15 is 0 Å². The van der Waals surface area contributed by atoms with Crippen LogP contribution in [0.15, 0.2) is 24.3 Å². The molecule has 1 fully saturated rings. The highest BCUT2D eigenvalue weighted by atomic mass is 35.5. The van der Waals surface area contributed by atoms with Crippen LogP contribution in [0.2, 0.25) is 0 Å². The lowest BCUT2D eigenvalue weighted by Crippen LogP contribution is -2.14. The van der Waals surface area contributed by atoms with Crippen LogP contribution in [-0.2, 0) is 6.61 Å². The van der Waals surface area contributed by atoms with E-state index in [1.807, 2.05) is 24.3 Å². The average Bonchev–Trinajstić information content (AvgIpc) is 3.00. The van der Waals surface area contributed by atoms with E-state index in [0.29, 0.717) is 5.92 Å². The minimum atomic E-state index is 0. The largest absolute Gasteiger partial charge is 0.392 e. The van der Waals surface area contributed by atoms with Crippen molar-refractivity contribution < 1.29 is 5.11 Å². The SMILES string of the molecule is Cl.NC(c1ccccc1CO)C1CC1. The second-order valence-electron chi connectivity index (χ2n) is 3.72. The van der Waals surface area contributed by atoms with Crippen LogP contribution in [0.4, 0.5) is 0 Å². The smallest absolute Gasteiger partial charge is 0.0685 e. The molecule has 3 N–H and O–H groups in total. The van der Waals surface area contributed by atoms with Crippen molar-refractivity contribution in [3.63, 3.8) is 0 Å². The van der Waals surface area contributed by atoms with E-state index in [2.05, 4.69) is 0 Å². The molecule has 1 aliphatic rings. The van der Waals surface area contributed by atoms with Crippen molar-refractivity contribution in [3.8, 4) is 0 Å². The molecular weight excluding hydrogens is 198 g/mol. The fraction of sp³-hybridized carbons (Fsp3) is 0.455. The average molecular weight is 214 g/mol. The van der Waals surface area contributed by atoms with E-state index in [0.717, 1.165) is 11.1 Å². The van der Waals surface area contributed by atoms with Gasteiger partial charge >= 0.3 is 0 Å². The first-order chi connectivity index (χ1) is 6.33. The zero-order chi connectivity index (χ0) is 9.26. The Labute approximate surface area is 90.5 Å². The minimum Gasteiger partial charge on any atom is -0.392 e. The third-order valence-corrected chi connectivity index (χ3v) is 2.71. The van der Waals surface area contributed by atoms with Crippen LogP contribution < -0.4 is 5.73 Å². The molecule has 1 saturated carbocycles. The minimum absolute atomic E-state index is 0. The highest BCUT2D eigenvalue weighted by molar-refractivity contribution is 5.85. The second-order valence-corrected chi connectivity index (χ2v) is 3.72. The highest BCUT2D eigenvalue weighted by Crippen LogP contribution is 2.40. The number of benzene rings is 1. The van der Waals surface area contributed by atoms with Crippen molar-refractivity contribution in [2.75, 3.05) is 0 Å². The zero-order valence-corrected chi connectivity index (χ0v) is 8.83. The van der Waals surface area contributed by atoms with Crippen molar-refractivity contribution in [2.45, 2.75) is 25.5 Å². The van der Waals surface area contributed by atoms with Gasteiger partial charge in [-0.3, -0.25) is 0 Å². The first-order valence-corrected chi connectivity index (χ1v) is 4.77. The lowest BCUT2D eigenvalue weighted by Gasteiger charge is -2.14. The summed E-state index contributed by atoms with van der Waals surface area (Å²) in [6.07, 6.45) is 2.47. The van der Waals surface area contributed by atoms with Crippen LogP contribution >= 0.6 is 12.4 Å². The molecular formula is C11H16ClNO. The number of rotatable bonds is 3. The van der Waals surface area contributed by atoms with Gasteiger partial charge in [-0.05, 0) is 29.9 Å². The van der Waals surface area contributed by atoms with Gasteiger partial charge in [0.15, 0.2) is 0 Å². The fourth-order valence-electron chi connectivity index (χ4n) is 1.71. The Morgan fingerprint density at radius 1 is 1.36 bits per heavy atom. The van der Waals surface area contributed by atoms with E-state index in [1.54, 1.807) is 0 Å². The molecule has 1 unspecified atom stereocenters. The quantitative estimate of drug-likeness (QED) is 0.807. The van der Waals surface area contributed by atoms with Crippen LogP contribution in [0.25, 0.3) is 0 Å². The summed E-state index contributed by atoms with van der Waals surface area (Å²) >= 11 is 0. The maximum atomic E-state index is 9.11. The Kier molecular flexibility index (Phi) is 3.93. The summed E-state index contributed by atoms with van der Waals surface area (Å²) in [4.78, 5) is 0. The molecule has 0 spiro atoms. The van der Waals surface area contributed by atoms with Crippen molar-refractivity contribution in [3.05, 3.63) is 35.4 Å². The molecule has 0 saturated heterocycles. The van der Waals surface area contributed by atoms with Crippen LogP contribution in [0.1, 0.15) is 30.0 Å². The van der Waals surface area contributed by atoms with Crippen LogP contribution in [0.5, 0.6) is 0 Å². The number of aliphatic hydroxyl groups excluding tert-OH is 1. The number of halogens is 1. The molecule has 1 aliphatic carbocycles. The molecule has 2 rings (SSSR count). The summed E-state index contributed by atoms with van der Waals surface area (Å²) in [7, 11) is 0. The molecule has 1 aromatic carbocycles. The molecule has 0 aromatic heterocycles. The molecule has 0 heterocycles. The van der Waals surface area contributed by atoms with Gasteiger partial charge in [0.1, 0.15) is 0 Å². The summed E-state index contributed by atoms with van der Waals surface area (Å²) in [5, 5.41) is 9.11. The van der Waals surface area contributed by atoms with E-state index in [-0.39, 0.29) is 25.1 Å². The van der Waals surface area contributed by atoms with E-state index in [4.69, 9.17) is 10.8 Å². The van der Waals surface area contributed by atoms with Gasteiger partial charge in [0, 0.05) is 6.04 Å². The van der Waals surface area contributed by atoms with Crippen molar-refractivity contribution in [1.29, 1.82) is 0 Å². The van der Waals surface area contributed by atoms with Gasteiger partial charge in [-0.1, -0.05) is 24.3 Å². The Bertz CT molecular complexity index is 299. The fourth-order valence-corrected chi connectivity index (χ4v) is 1.71. The highest BCUT2D eigenvalue weighted by Gasteiger charge is 2.30. The van der Waals surface area contributed by atoms with Gasteiger partial charge in [0.05, 0.1) is 6.61 Å². The third-order valence-electron chi connectivity index (χ3n) is 2.71. The Hall–Kier alpha value is -0.570. The monoisotopic (exact) mass is 213 g/mol. The summed E-state index contributed by atoms with van der Waals surface area (Å²) < 4.78 is 0. The Balaban J connectivity index is 0.000000980. The molecule has 14 heavy (non-hydrogen) atoms. The topological polar surface area (TPSA) is 46.2 Å². The van der Waals surface area contributed by atoms with E-state index < -0.39 is 0 Å². The summed E-state index contributed by atoms with van der Waals surface area (Å²) in [5.74, 6) is 0.646. The van der Waals surface area contributed by atoms with Crippen molar-refractivity contribution in [2.24, 2.45) is 11.7 Å². The molecule has 0 amide bonds. The van der Waals surface area contributed by atoms with Gasteiger partial charge in [0.2, 0.25) is 0 Å². The first-order valence-electron chi connectivity index (χ1n) is 4.77. The molecule has 0 radical (unpaired) electrons. The molecule has 1 atom stereocenters. The zero-order valence-electron chi connectivity index (χ0n) is 8.02. The maximum Gasteiger partial charge on any atom is 0.0685 e. The molecule has 0 aliphatic heterocycles. The molecule has 3 heteroatoms. The summed E-state index contributed by atoms with van der Waals surface area (Å²) in [6.45, 7) is 0.0938. The predicted octanol–water partition coefficient (Wildman–Crippen LogP) is 2.01. The molecule has 0 bridgehead atoms. The molecule has 78 valence electrons. The second kappa shape index (κ2) is 4.78. The summed E-state index contributed by atoms with van der Waals surface area (Å²) in [5.41, 5.74) is 8.16. The molecule has 1 aromatic rings. The predicted molar refractivity (Wildman–Crippen MR) is 59.3 cm³/mol. The van der Waals surface area contributed by atoms with Gasteiger partial charge in [-0.15, -0.1) is 12.4 Å². The van der Waals surface area contributed by atoms with E-state index in [1.165, 1.54) is 12.8 Å². The third kappa shape index (κ3) is 2.27.